The number of rotatable bonds is 14. The van der Waals surface area contributed by atoms with E-state index >= 15 is 0 Å². The summed E-state index contributed by atoms with van der Waals surface area (Å²) in [7, 11) is 0. The standard InChI is InChI=1S/C35H44N2O5/c1-3-12-28(22-32(39)37-23-30-17-9-8-16-27(30)21-31(37)24-38)33(40)36-35(18-10-11-19-35)25-42-34(41)29(13-4-2)20-26-14-6-5-7-15-26/h3-9,14-17,28-29,31,38H,1-2,10-13,18-25H2,(H,36,40)/t28-,29-,31-/m0/s1. The second-order valence-corrected chi connectivity index (χ2v) is 11.8. The summed E-state index contributed by atoms with van der Waals surface area (Å²) in [6.45, 7) is 8.01. The number of hydrogen-bond acceptors (Lipinski definition) is 5. The van der Waals surface area contributed by atoms with Crippen molar-refractivity contribution in [2.24, 2.45) is 11.8 Å². The molecule has 3 atom stereocenters. The van der Waals surface area contributed by atoms with Gasteiger partial charge in [-0.25, -0.2) is 0 Å². The first-order chi connectivity index (χ1) is 20.4. The highest BCUT2D eigenvalue weighted by molar-refractivity contribution is 5.86. The maximum atomic E-state index is 13.7. The van der Waals surface area contributed by atoms with Gasteiger partial charge >= 0.3 is 5.97 Å². The van der Waals surface area contributed by atoms with Crippen LogP contribution in [0.25, 0.3) is 0 Å². The molecule has 0 saturated heterocycles. The number of benzene rings is 2. The van der Waals surface area contributed by atoms with Crippen molar-refractivity contribution in [1.29, 1.82) is 0 Å². The van der Waals surface area contributed by atoms with Gasteiger partial charge in [0.1, 0.15) is 6.61 Å². The maximum Gasteiger partial charge on any atom is 0.309 e. The summed E-state index contributed by atoms with van der Waals surface area (Å²) in [6, 6.07) is 17.5. The zero-order valence-corrected chi connectivity index (χ0v) is 24.5. The molecular weight excluding hydrogens is 528 g/mol. The molecule has 42 heavy (non-hydrogen) atoms. The number of allylic oxidation sites excluding steroid dienone is 2. The molecule has 7 nitrogen and oxygen atoms in total. The molecule has 1 saturated carbocycles. The van der Waals surface area contributed by atoms with Crippen molar-refractivity contribution in [2.75, 3.05) is 13.2 Å². The Balaban J connectivity index is 1.40. The minimum absolute atomic E-state index is 0.0187. The number of carbonyl (C=O) groups is 3. The van der Waals surface area contributed by atoms with E-state index in [2.05, 4.69) is 18.5 Å². The molecule has 1 aliphatic heterocycles. The minimum atomic E-state index is -0.654. The summed E-state index contributed by atoms with van der Waals surface area (Å²) >= 11 is 0. The third kappa shape index (κ3) is 7.97. The van der Waals surface area contributed by atoms with E-state index in [1.54, 1.807) is 17.1 Å². The molecule has 1 aliphatic carbocycles. The van der Waals surface area contributed by atoms with Crippen molar-refractivity contribution in [3.63, 3.8) is 0 Å². The Bertz CT molecular complexity index is 1240. The van der Waals surface area contributed by atoms with E-state index in [0.717, 1.165) is 29.5 Å². The molecule has 2 N–H and O–H groups in total. The first kappa shape index (κ1) is 31.2. The van der Waals surface area contributed by atoms with Crippen molar-refractivity contribution in [1.82, 2.24) is 10.2 Å². The number of nitrogens with one attached hydrogen (secondary N) is 1. The highest BCUT2D eigenvalue weighted by Crippen LogP contribution is 2.32. The van der Waals surface area contributed by atoms with Crippen LogP contribution in [-0.2, 0) is 38.5 Å². The van der Waals surface area contributed by atoms with Gasteiger partial charge in [-0.2, -0.15) is 0 Å². The van der Waals surface area contributed by atoms with Crippen LogP contribution in [0.4, 0.5) is 0 Å². The molecule has 0 bridgehead atoms. The van der Waals surface area contributed by atoms with Crippen molar-refractivity contribution in [2.45, 2.75) is 75.9 Å². The molecule has 4 rings (SSSR count). The largest absolute Gasteiger partial charge is 0.463 e. The lowest BCUT2D eigenvalue weighted by atomic mass is 9.91. The second-order valence-electron chi connectivity index (χ2n) is 11.8. The fraction of sp³-hybridized carbons (Fsp3) is 0.457. The van der Waals surface area contributed by atoms with Crippen LogP contribution in [0.3, 0.4) is 0 Å². The lowest BCUT2D eigenvalue weighted by molar-refractivity contribution is -0.152. The number of carbonyl (C=O) groups excluding carboxylic acids is 3. The van der Waals surface area contributed by atoms with Gasteiger partial charge in [0.05, 0.1) is 30.0 Å². The summed E-state index contributed by atoms with van der Waals surface area (Å²) < 4.78 is 5.87. The molecule has 0 aromatic heterocycles. The fourth-order valence-corrected chi connectivity index (χ4v) is 6.27. The third-order valence-corrected chi connectivity index (χ3v) is 8.68. The fourth-order valence-electron chi connectivity index (χ4n) is 6.27. The van der Waals surface area contributed by atoms with Crippen LogP contribution < -0.4 is 5.32 Å². The lowest BCUT2D eigenvalue weighted by Gasteiger charge is -2.37. The van der Waals surface area contributed by atoms with E-state index in [-0.39, 0.29) is 49.4 Å². The van der Waals surface area contributed by atoms with E-state index < -0.39 is 11.5 Å². The monoisotopic (exact) mass is 572 g/mol. The van der Waals surface area contributed by atoms with Crippen LogP contribution in [-0.4, -0.2) is 52.6 Å². The number of aliphatic hydroxyl groups is 1. The molecule has 0 spiro atoms. The van der Waals surface area contributed by atoms with Gasteiger partial charge in [-0.15, -0.1) is 13.2 Å². The average Bonchev–Trinajstić information content (AvgIpc) is 3.47. The predicted octanol–water partition coefficient (Wildman–Crippen LogP) is 4.92. The van der Waals surface area contributed by atoms with Gasteiger partial charge in [0.25, 0.3) is 0 Å². The summed E-state index contributed by atoms with van der Waals surface area (Å²) in [4.78, 5) is 42.0. The van der Waals surface area contributed by atoms with E-state index in [1.807, 2.05) is 54.6 Å². The van der Waals surface area contributed by atoms with Gasteiger partial charge in [-0.3, -0.25) is 14.4 Å². The Labute approximate surface area is 249 Å². The number of hydrogen-bond donors (Lipinski definition) is 2. The molecule has 2 aromatic rings. The molecule has 1 heterocycles. The van der Waals surface area contributed by atoms with Crippen LogP contribution in [0, 0.1) is 11.8 Å². The van der Waals surface area contributed by atoms with Crippen LogP contribution >= 0.6 is 0 Å². The van der Waals surface area contributed by atoms with Gasteiger partial charge in [-0.05, 0) is 55.2 Å². The summed E-state index contributed by atoms with van der Waals surface area (Å²) in [6.07, 6.45) is 8.69. The second kappa shape index (κ2) is 15.0. The van der Waals surface area contributed by atoms with Crippen LogP contribution in [0.2, 0.25) is 0 Å². The number of aliphatic hydroxyl groups excluding tert-OH is 1. The number of amides is 2. The zero-order chi connectivity index (χ0) is 30.0. The normalized spacial score (nSPS) is 18.8. The summed E-state index contributed by atoms with van der Waals surface area (Å²) in [5.41, 5.74) is 2.60. The first-order valence-corrected chi connectivity index (χ1v) is 15.1. The molecule has 0 unspecified atom stereocenters. The van der Waals surface area contributed by atoms with Gasteiger partial charge in [-0.1, -0.05) is 79.6 Å². The maximum absolute atomic E-state index is 13.7. The number of ether oxygens (including phenoxy) is 1. The predicted molar refractivity (Wildman–Crippen MR) is 163 cm³/mol. The quantitative estimate of drug-likeness (QED) is 0.248. The Morgan fingerprint density at radius 3 is 2.29 bits per heavy atom. The van der Waals surface area contributed by atoms with E-state index in [0.29, 0.717) is 45.1 Å². The minimum Gasteiger partial charge on any atom is -0.463 e. The van der Waals surface area contributed by atoms with Gasteiger partial charge in [0.2, 0.25) is 11.8 Å². The van der Waals surface area contributed by atoms with Crippen molar-refractivity contribution >= 4 is 17.8 Å². The molecule has 2 aliphatic rings. The summed E-state index contributed by atoms with van der Waals surface area (Å²) in [5.74, 6) is -1.64. The number of nitrogens with zero attached hydrogens (tertiary/aromatic N) is 1. The highest BCUT2D eigenvalue weighted by atomic mass is 16.5. The van der Waals surface area contributed by atoms with E-state index in [1.165, 1.54) is 0 Å². The van der Waals surface area contributed by atoms with Crippen molar-refractivity contribution in [3.8, 4) is 0 Å². The average molecular weight is 573 g/mol. The highest BCUT2D eigenvalue weighted by Gasteiger charge is 2.40. The van der Waals surface area contributed by atoms with Crippen LogP contribution in [0.15, 0.2) is 79.9 Å². The molecular formula is C35H44N2O5. The van der Waals surface area contributed by atoms with Crippen molar-refractivity contribution < 1.29 is 24.2 Å². The van der Waals surface area contributed by atoms with Crippen molar-refractivity contribution in [3.05, 3.63) is 96.6 Å². The SMILES string of the molecule is C=CC[C@@H](CC(=O)N1Cc2ccccc2C[C@H]1CO)C(=O)NC1(COC(=O)[C@@H](CC=C)Cc2ccccc2)CCCC1. The van der Waals surface area contributed by atoms with Crippen LogP contribution in [0.5, 0.6) is 0 Å². The topological polar surface area (TPSA) is 95.9 Å². The summed E-state index contributed by atoms with van der Waals surface area (Å²) in [5, 5.41) is 13.2. The Hall–Kier alpha value is -3.71. The lowest BCUT2D eigenvalue weighted by Crippen LogP contribution is -2.53. The number of esters is 1. The van der Waals surface area contributed by atoms with Gasteiger partial charge < -0.3 is 20.1 Å². The Morgan fingerprint density at radius 1 is 0.976 bits per heavy atom. The smallest absolute Gasteiger partial charge is 0.309 e. The molecule has 7 heteroatoms. The zero-order valence-electron chi connectivity index (χ0n) is 24.5. The van der Waals surface area contributed by atoms with E-state index in [4.69, 9.17) is 4.74 Å². The van der Waals surface area contributed by atoms with Crippen LogP contribution in [0.1, 0.15) is 61.6 Å². The molecule has 224 valence electrons. The first-order valence-electron chi connectivity index (χ1n) is 15.1. The molecule has 2 amide bonds. The third-order valence-electron chi connectivity index (χ3n) is 8.68. The molecule has 2 aromatic carbocycles. The van der Waals surface area contributed by atoms with E-state index in [9.17, 15) is 19.5 Å². The van der Waals surface area contributed by atoms with Gasteiger partial charge in [0, 0.05) is 13.0 Å². The molecule has 0 radical (unpaired) electrons. The molecule has 1 fully saturated rings. The Kier molecular flexibility index (Phi) is 11.1. The van der Waals surface area contributed by atoms with Gasteiger partial charge in [0.15, 0.2) is 0 Å². The Morgan fingerprint density at radius 2 is 1.62 bits per heavy atom. The number of fused-ring (bicyclic) bond motifs is 1.